The number of amides is 2. The third-order valence-electron chi connectivity index (χ3n) is 2.91. The minimum Gasteiger partial charge on any atom is -0.383 e. The number of benzene rings is 1. The second-order valence-electron chi connectivity index (χ2n) is 4.35. The number of hydrogen-bond donors (Lipinski definition) is 1. The SMILES string of the molecule is COCCNC(=O)CN1C(=O)C(=O)c2cc(F)cc(Br)c21. The fraction of sp³-hybridized carbons (Fsp3) is 0.308. The summed E-state index contributed by atoms with van der Waals surface area (Å²) in [5.41, 5.74) is 0.171. The molecule has 1 N–H and O–H groups in total. The van der Waals surface area contributed by atoms with E-state index in [1.807, 2.05) is 0 Å². The second kappa shape index (κ2) is 6.31. The van der Waals surface area contributed by atoms with Crippen LogP contribution in [0.3, 0.4) is 0 Å². The van der Waals surface area contributed by atoms with E-state index in [4.69, 9.17) is 4.74 Å². The van der Waals surface area contributed by atoms with Gasteiger partial charge in [-0.2, -0.15) is 0 Å². The lowest BCUT2D eigenvalue weighted by atomic mass is 10.1. The van der Waals surface area contributed by atoms with Crippen molar-refractivity contribution in [3.05, 3.63) is 28.0 Å². The predicted octanol–water partition coefficient (Wildman–Crippen LogP) is 0.880. The monoisotopic (exact) mass is 358 g/mol. The normalized spacial score (nSPS) is 13.6. The van der Waals surface area contributed by atoms with Crippen LogP contribution in [0.25, 0.3) is 0 Å². The molecule has 112 valence electrons. The van der Waals surface area contributed by atoms with Gasteiger partial charge in [0.05, 0.1) is 17.9 Å². The van der Waals surface area contributed by atoms with Gasteiger partial charge in [0.25, 0.3) is 11.7 Å². The molecule has 1 aliphatic heterocycles. The van der Waals surface area contributed by atoms with Crippen LogP contribution < -0.4 is 10.2 Å². The van der Waals surface area contributed by atoms with Crippen LogP contribution in [-0.4, -0.2) is 44.4 Å². The molecule has 1 heterocycles. The number of nitrogens with one attached hydrogen (secondary N) is 1. The van der Waals surface area contributed by atoms with Crippen LogP contribution in [0.1, 0.15) is 10.4 Å². The first-order valence-corrected chi connectivity index (χ1v) is 6.86. The van der Waals surface area contributed by atoms with Gasteiger partial charge in [0.1, 0.15) is 12.4 Å². The zero-order chi connectivity index (χ0) is 15.6. The van der Waals surface area contributed by atoms with Crippen LogP contribution in [0.15, 0.2) is 16.6 Å². The van der Waals surface area contributed by atoms with Crippen molar-refractivity contribution >= 4 is 39.2 Å². The van der Waals surface area contributed by atoms with Crippen LogP contribution in [0.5, 0.6) is 0 Å². The fourth-order valence-corrected chi connectivity index (χ4v) is 2.64. The Bertz CT molecular complexity index is 620. The summed E-state index contributed by atoms with van der Waals surface area (Å²) in [6, 6.07) is 2.13. The smallest absolute Gasteiger partial charge is 0.299 e. The Balaban J connectivity index is 2.21. The van der Waals surface area contributed by atoms with Gasteiger partial charge in [-0.05, 0) is 28.1 Å². The van der Waals surface area contributed by atoms with Crippen molar-refractivity contribution in [1.82, 2.24) is 5.32 Å². The average molecular weight is 359 g/mol. The molecule has 1 aliphatic rings. The maximum atomic E-state index is 13.3. The van der Waals surface area contributed by atoms with Crippen LogP contribution in [0.2, 0.25) is 0 Å². The van der Waals surface area contributed by atoms with Crippen LogP contribution in [-0.2, 0) is 14.3 Å². The molecule has 0 fully saturated rings. The zero-order valence-electron chi connectivity index (χ0n) is 11.1. The number of carbonyl (C=O) groups is 3. The Morgan fingerprint density at radius 1 is 1.43 bits per heavy atom. The molecule has 0 bridgehead atoms. The summed E-state index contributed by atoms with van der Waals surface area (Å²) >= 11 is 3.11. The van der Waals surface area contributed by atoms with Crippen molar-refractivity contribution in [2.75, 3.05) is 31.7 Å². The molecule has 0 saturated heterocycles. The number of hydrogen-bond acceptors (Lipinski definition) is 4. The zero-order valence-corrected chi connectivity index (χ0v) is 12.7. The molecule has 1 aromatic carbocycles. The molecule has 2 amide bonds. The number of halogens is 2. The van der Waals surface area contributed by atoms with E-state index in [1.165, 1.54) is 7.11 Å². The summed E-state index contributed by atoms with van der Waals surface area (Å²) in [5.74, 6) is -2.74. The number of ketones is 1. The lowest BCUT2D eigenvalue weighted by Crippen LogP contribution is -2.41. The standard InChI is InChI=1S/C13H12BrFN2O4/c1-21-3-2-16-10(18)6-17-11-8(12(19)13(17)20)4-7(15)5-9(11)14/h4-5H,2-3,6H2,1H3,(H,16,18). The highest BCUT2D eigenvalue weighted by Crippen LogP contribution is 2.36. The van der Waals surface area contributed by atoms with Crippen LogP contribution in [0, 0.1) is 5.82 Å². The molecule has 0 aromatic heterocycles. The second-order valence-corrected chi connectivity index (χ2v) is 5.20. The fourth-order valence-electron chi connectivity index (χ4n) is 2.00. The first-order valence-electron chi connectivity index (χ1n) is 6.06. The van der Waals surface area contributed by atoms with Crippen molar-refractivity contribution in [1.29, 1.82) is 0 Å². The molecule has 6 nitrogen and oxygen atoms in total. The van der Waals surface area contributed by atoms with Gasteiger partial charge in [-0.1, -0.05) is 0 Å². The molecule has 21 heavy (non-hydrogen) atoms. The Labute approximate surface area is 128 Å². The predicted molar refractivity (Wildman–Crippen MR) is 75.7 cm³/mol. The van der Waals surface area contributed by atoms with Gasteiger partial charge in [0.15, 0.2) is 0 Å². The van der Waals surface area contributed by atoms with Gasteiger partial charge in [-0.3, -0.25) is 19.3 Å². The number of methoxy groups -OCH3 is 1. The highest BCUT2D eigenvalue weighted by molar-refractivity contribution is 9.10. The number of fused-ring (bicyclic) bond motifs is 1. The summed E-state index contributed by atoms with van der Waals surface area (Å²) in [7, 11) is 1.50. The third-order valence-corrected chi connectivity index (χ3v) is 3.52. The molecule has 0 saturated carbocycles. The third kappa shape index (κ3) is 3.11. The molecule has 0 unspecified atom stereocenters. The number of carbonyl (C=O) groups excluding carboxylic acids is 3. The highest BCUT2D eigenvalue weighted by Gasteiger charge is 2.38. The average Bonchev–Trinajstić information content (AvgIpc) is 2.64. The molecule has 0 radical (unpaired) electrons. The van der Waals surface area contributed by atoms with Gasteiger partial charge < -0.3 is 10.1 Å². The summed E-state index contributed by atoms with van der Waals surface area (Å²) < 4.78 is 18.4. The minimum atomic E-state index is -0.849. The lowest BCUT2D eigenvalue weighted by Gasteiger charge is -2.17. The number of nitrogens with zero attached hydrogens (tertiary/aromatic N) is 1. The van der Waals surface area contributed by atoms with Gasteiger partial charge in [0, 0.05) is 18.1 Å². The summed E-state index contributed by atoms with van der Waals surface area (Å²) in [4.78, 5) is 36.5. The van der Waals surface area contributed by atoms with Crippen LogP contribution in [0.4, 0.5) is 10.1 Å². The Kier molecular flexibility index (Phi) is 4.69. The molecule has 0 spiro atoms. The van der Waals surface area contributed by atoms with Crippen molar-refractivity contribution < 1.29 is 23.5 Å². The van der Waals surface area contributed by atoms with Gasteiger partial charge in [-0.25, -0.2) is 4.39 Å². The summed E-state index contributed by atoms with van der Waals surface area (Å²) in [6.07, 6.45) is 0. The first kappa shape index (κ1) is 15.6. The van der Waals surface area contributed by atoms with Gasteiger partial charge >= 0.3 is 0 Å². The maximum absolute atomic E-state index is 13.3. The van der Waals surface area contributed by atoms with E-state index in [-0.39, 0.29) is 22.3 Å². The van der Waals surface area contributed by atoms with E-state index in [9.17, 15) is 18.8 Å². The van der Waals surface area contributed by atoms with E-state index in [0.29, 0.717) is 13.2 Å². The number of ether oxygens (including phenoxy) is 1. The molecular formula is C13H12BrFN2O4. The molecule has 2 rings (SSSR count). The van der Waals surface area contributed by atoms with Crippen molar-refractivity contribution in [2.45, 2.75) is 0 Å². The van der Waals surface area contributed by atoms with E-state index < -0.39 is 23.4 Å². The Morgan fingerprint density at radius 2 is 2.14 bits per heavy atom. The Morgan fingerprint density at radius 3 is 2.81 bits per heavy atom. The minimum absolute atomic E-state index is 0.0448. The van der Waals surface area contributed by atoms with Crippen molar-refractivity contribution in [3.63, 3.8) is 0 Å². The number of rotatable bonds is 5. The van der Waals surface area contributed by atoms with Gasteiger partial charge in [0.2, 0.25) is 5.91 Å². The first-order chi connectivity index (χ1) is 9.95. The van der Waals surface area contributed by atoms with E-state index in [1.54, 1.807) is 0 Å². The summed E-state index contributed by atoms with van der Waals surface area (Å²) in [6.45, 7) is 0.318. The van der Waals surface area contributed by atoms with E-state index in [2.05, 4.69) is 21.2 Å². The van der Waals surface area contributed by atoms with E-state index >= 15 is 0 Å². The number of Topliss-reactive ketones (excluding diaryl/α,β-unsaturated/α-hetero) is 1. The van der Waals surface area contributed by atoms with Gasteiger partial charge in [-0.15, -0.1) is 0 Å². The summed E-state index contributed by atoms with van der Waals surface area (Å²) in [5, 5.41) is 2.55. The topological polar surface area (TPSA) is 75.7 Å². The van der Waals surface area contributed by atoms with Crippen molar-refractivity contribution in [3.8, 4) is 0 Å². The molecule has 8 heteroatoms. The largest absolute Gasteiger partial charge is 0.383 e. The lowest BCUT2D eigenvalue weighted by molar-refractivity contribution is -0.122. The molecule has 1 aromatic rings. The quantitative estimate of drug-likeness (QED) is 0.626. The van der Waals surface area contributed by atoms with Crippen LogP contribution >= 0.6 is 15.9 Å². The Hall–Kier alpha value is -1.80. The molecule has 0 aliphatic carbocycles. The van der Waals surface area contributed by atoms with Crippen molar-refractivity contribution in [2.24, 2.45) is 0 Å². The molecular weight excluding hydrogens is 347 g/mol. The van der Waals surface area contributed by atoms with E-state index in [0.717, 1.165) is 17.0 Å². The molecule has 0 atom stereocenters. The number of anilines is 1. The highest BCUT2D eigenvalue weighted by atomic mass is 79.9. The maximum Gasteiger partial charge on any atom is 0.299 e.